The van der Waals surface area contributed by atoms with E-state index in [-0.39, 0.29) is 0 Å². The van der Waals surface area contributed by atoms with Crippen molar-refractivity contribution in [2.75, 3.05) is 33.3 Å². The van der Waals surface area contributed by atoms with Gasteiger partial charge in [-0.3, -0.25) is 4.90 Å². The number of rotatable bonds is 9. The maximum absolute atomic E-state index is 5.73. The first kappa shape index (κ1) is 16.5. The summed E-state index contributed by atoms with van der Waals surface area (Å²) in [6.07, 6.45) is 5.19. The van der Waals surface area contributed by atoms with Crippen molar-refractivity contribution < 1.29 is 4.74 Å². The molecule has 1 heterocycles. The van der Waals surface area contributed by atoms with Gasteiger partial charge in [0.25, 0.3) is 0 Å². The number of hydrogen-bond donors (Lipinski definition) is 1. The fraction of sp³-hybridized carbons (Fsp3) is 0.667. The second-order valence-corrected chi connectivity index (χ2v) is 6.10. The molecule has 1 N–H and O–H groups in total. The quantitative estimate of drug-likeness (QED) is 0.708. The van der Waals surface area contributed by atoms with Crippen LogP contribution in [0.1, 0.15) is 37.3 Å². The number of hydrogen-bond acceptors (Lipinski definition) is 3. The van der Waals surface area contributed by atoms with Crippen molar-refractivity contribution in [2.24, 2.45) is 0 Å². The predicted octanol–water partition coefficient (Wildman–Crippen LogP) is 2.84. The molecule has 3 heteroatoms. The van der Waals surface area contributed by atoms with Crippen LogP contribution in [-0.4, -0.2) is 44.3 Å². The van der Waals surface area contributed by atoms with E-state index in [1.807, 2.05) is 0 Å². The molecule has 1 atom stereocenters. The molecule has 1 saturated heterocycles. The Hall–Kier alpha value is -0.900. The fourth-order valence-corrected chi connectivity index (χ4v) is 2.97. The molecule has 3 nitrogen and oxygen atoms in total. The van der Waals surface area contributed by atoms with E-state index >= 15 is 0 Å². The first-order valence-corrected chi connectivity index (χ1v) is 8.37. The first-order valence-electron chi connectivity index (χ1n) is 8.37. The van der Waals surface area contributed by atoms with Crippen molar-refractivity contribution in [1.29, 1.82) is 0 Å². The lowest BCUT2D eigenvalue weighted by Gasteiger charge is -2.22. The van der Waals surface area contributed by atoms with Crippen LogP contribution in [0.2, 0.25) is 0 Å². The summed E-state index contributed by atoms with van der Waals surface area (Å²) >= 11 is 0. The van der Waals surface area contributed by atoms with E-state index < -0.39 is 0 Å². The summed E-state index contributed by atoms with van der Waals surface area (Å²) in [7, 11) is 2.20. The van der Waals surface area contributed by atoms with Crippen LogP contribution in [0.25, 0.3) is 0 Å². The Morgan fingerprint density at radius 2 is 2.05 bits per heavy atom. The van der Waals surface area contributed by atoms with E-state index in [2.05, 4.69) is 48.5 Å². The van der Waals surface area contributed by atoms with Crippen LogP contribution in [0.4, 0.5) is 0 Å². The van der Waals surface area contributed by atoms with Crippen molar-refractivity contribution in [3.8, 4) is 0 Å². The van der Waals surface area contributed by atoms with Crippen molar-refractivity contribution in [3.63, 3.8) is 0 Å². The zero-order valence-electron chi connectivity index (χ0n) is 13.6. The van der Waals surface area contributed by atoms with Gasteiger partial charge in [-0.05, 0) is 56.9 Å². The summed E-state index contributed by atoms with van der Waals surface area (Å²) in [4.78, 5) is 2.40. The van der Waals surface area contributed by atoms with E-state index in [9.17, 15) is 0 Å². The van der Waals surface area contributed by atoms with Gasteiger partial charge in [-0.25, -0.2) is 0 Å². The Labute approximate surface area is 129 Å². The molecule has 0 radical (unpaired) electrons. The Kier molecular flexibility index (Phi) is 7.20. The molecule has 2 rings (SSSR count). The molecule has 0 bridgehead atoms. The minimum absolute atomic E-state index is 0.438. The summed E-state index contributed by atoms with van der Waals surface area (Å²) in [5.41, 5.74) is 2.93. The van der Waals surface area contributed by atoms with Gasteiger partial charge in [0.1, 0.15) is 0 Å². The van der Waals surface area contributed by atoms with Crippen molar-refractivity contribution in [2.45, 2.75) is 45.3 Å². The third-order valence-electron chi connectivity index (χ3n) is 4.10. The van der Waals surface area contributed by atoms with Crippen LogP contribution in [0.5, 0.6) is 0 Å². The number of ether oxygens (including phenoxy) is 1. The summed E-state index contributed by atoms with van der Waals surface area (Å²) in [5, 5.41) is 3.49. The van der Waals surface area contributed by atoms with Gasteiger partial charge in [-0.15, -0.1) is 0 Å². The molecule has 118 valence electrons. The minimum atomic E-state index is 0.438. The monoisotopic (exact) mass is 290 g/mol. The molecule has 0 aliphatic carbocycles. The van der Waals surface area contributed by atoms with Crippen molar-refractivity contribution in [3.05, 3.63) is 35.4 Å². The smallest absolute Gasteiger partial charge is 0.0702 e. The van der Waals surface area contributed by atoms with Crippen molar-refractivity contribution in [1.82, 2.24) is 10.2 Å². The predicted molar refractivity (Wildman–Crippen MR) is 88.6 cm³/mol. The Bertz CT molecular complexity index is 402. The van der Waals surface area contributed by atoms with Crippen LogP contribution in [0.3, 0.4) is 0 Å². The highest BCUT2D eigenvalue weighted by molar-refractivity contribution is 5.27. The van der Waals surface area contributed by atoms with Crippen molar-refractivity contribution >= 4 is 0 Å². The van der Waals surface area contributed by atoms with E-state index in [1.165, 1.54) is 30.4 Å². The molecule has 0 aromatic heterocycles. The van der Waals surface area contributed by atoms with Gasteiger partial charge < -0.3 is 10.1 Å². The lowest BCUT2D eigenvalue weighted by Crippen LogP contribution is -2.29. The molecule has 1 unspecified atom stereocenters. The topological polar surface area (TPSA) is 24.5 Å². The number of nitrogens with zero attached hydrogens (tertiary/aromatic N) is 1. The average molecular weight is 290 g/mol. The third kappa shape index (κ3) is 5.77. The molecule has 0 saturated carbocycles. The van der Waals surface area contributed by atoms with Gasteiger partial charge in [-0.2, -0.15) is 0 Å². The molecule has 1 aliphatic heterocycles. The first-order chi connectivity index (χ1) is 10.3. The summed E-state index contributed by atoms with van der Waals surface area (Å²) in [5.74, 6) is 0. The van der Waals surface area contributed by atoms with Crippen LogP contribution >= 0.6 is 0 Å². The van der Waals surface area contributed by atoms with Gasteiger partial charge in [-0.1, -0.05) is 31.2 Å². The summed E-state index contributed by atoms with van der Waals surface area (Å²) < 4.78 is 5.73. The molecule has 0 spiro atoms. The minimum Gasteiger partial charge on any atom is -0.377 e. The normalized spacial score (nSPS) is 18.5. The lowest BCUT2D eigenvalue weighted by molar-refractivity contribution is 0.0792. The molecular weight excluding hydrogens is 260 g/mol. The Morgan fingerprint density at radius 3 is 2.76 bits per heavy atom. The molecule has 0 amide bonds. The van der Waals surface area contributed by atoms with E-state index in [0.29, 0.717) is 6.10 Å². The molecule has 1 aromatic carbocycles. The standard InChI is InChI=1S/C18H30N2O/c1-3-11-19-12-10-16-7-4-5-8-17(16)14-20(2)15-18-9-6-13-21-18/h4-5,7-8,18-19H,3,6,9-15H2,1-2H3. The molecule has 21 heavy (non-hydrogen) atoms. The van der Waals surface area contributed by atoms with Crippen LogP contribution in [0.15, 0.2) is 24.3 Å². The van der Waals surface area contributed by atoms with Gasteiger partial charge >= 0.3 is 0 Å². The fourth-order valence-electron chi connectivity index (χ4n) is 2.97. The number of benzene rings is 1. The highest BCUT2D eigenvalue weighted by Gasteiger charge is 2.17. The summed E-state index contributed by atoms with van der Waals surface area (Å²) in [6, 6.07) is 8.83. The molecule has 1 aromatic rings. The average Bonchev–Trinajstić information content (AvgIpc) is 2.98. The molecule has 1 fully saturated rings. The second-order valence-electron chi connectivity index (χ2n) is 6.10. The maximum Gasteiger partial charge on any atom is 0.0702 e. The van der Waals surface area contributed by atoms with E-state index in [0.717, 1.165) is 39.2 Å². The number of nitrogens with one attached hydrogen (secondary N) is 1. The highest BCUT2D eigenvalue weighted by atomic mass is 16.5. The lowest BCUT2D eigenvalue weighted by atomic mass is 10.0. The van der Waals surface area contributed by atoms with Crippen LogP contribution < -0.4 is 5.32 Å². The summed E-state index contributed by atoms with van der Waals surface area (Å²) in [6.45, 7) is 7.40. The Balaban J connectivity index is 1.83. The number of likely N-dealkylation sites (N-methyl/N-ethyl adjacent to an activating group) is 1. The second kappa shape index (κ2) is 9.19. The van der Waals surface area contributed by atoms with E-state index in [4.69, 9.17) is 4.74 Å². The highest BCUT2D eigenvalue weighted by Crippen LogP contribution is 2.16. The van der Waals surface area contributed by atoms with Crippen LogP contribution in [0, 0.1) is 0 Å². The van der Waals surface area contributed by atoms with Gasteiger partial charge in [0.2, 0.25) is 0 Å². The van der Waals surface area contributed by atoms with Gasteiger partial charge in [0.15, 0.2) is 0 Å². The maximum atomic E-state index is 5.73. The van der Waals surface area contributed by atoms with Gasteiger partial charge in [0.05, 0.1) is 6.10 Å². The molecular formula is C18H30N2O. The SMILES string of the molecule is CCCNCCc1ccccc1CN(C)CC1CCCO1. The zero-order valence-corrected chi connectivity index (χ0v) is 13.6. The van der Waals surface area contributed by atoms with Gasteiger partial charge in [0, 0.05) is 19.7 Å². The van der Waals surface area contributed by atoms with E-state index in [1.54, 1.807) is 0 Å². The molecule has 1 aliphatic rings. The zero-order chi connectivity index (χ0) is 14.9. The largest absolute Gasteiger partial charge is 0.377 e. The third-order valence-corrected chi connectivity index (χ3v) is 4.10. The Morgan fingerprint density at radius 1 is 1.24 bits per heavy atom. The van der Waals surface area contributed by atoms with Crippen LogP contribution in [-0.2, 0) is 17.7 Å².